The normalized spacial score (nSPS) is 19.7. The van der Waals surface area contributed by atoms with Crippen molar-refractivity contribution in [3.8, 4) is 0 Å². The first kappa shape index (κ1) is 16.1. The first-order chi connectivity index (χ1) is 9.11. The Kier molecular flexibility index (Phi) is 6.45. The molecule has 110 valence electrons. The topological polar surface area (TPSA) is 61.8 Å². The predicted molar refractivity (Wildman–Crippen MR) is 69.8 cm³/mol. The second-order valence-corrected chi connectivity index (χ2v) is 4.77. The second kappa shape index (κ2) is 7.60. The first-order valence-electron chi connectivity index (χ1n) is 6.95. The van der Waals surface area contributed by atoms with Crippen molar-refractivity contribution in [2.45, 2.75) is 45.1 Å². The van der Waals surface area contributed by atoms with Crippen LogP contribution >= 0.6 is 0 Å². The zero-order valence-electron chi connectivity index (χ0n) is 12.1. The number of carbonyl (C=O) groups excluding carboxylic acids is 2. The van der Waals surface area contributed by atoms with Crippen molar-refractivity contribution in [2.24, 2.45) is 5.92 Å². The van der Waals surface area contributed by atoms with Crippen molar-refractivity contribution in [1.82, 2.24) is 0 Å². The fourth-order valence-corrected chi connectivity index (χ4v) is 2.46. The molecular formula is C14H24O5. The second-order valence-electron chi connectivity index (χ2n) is 4.77. The number of methoxy groups -OCH3 is 1. The van der Waals surface area contributed by atoms with Crippen LogP contribution < -0.4 is 0 Å². The molecule has 5 nitrogen and oxygen atoms in total. The van der Waals surface area contributed by atoms with Crippen LogP contribution in [0.2, 0.25) is 0 Å². The highest BCUT2D eigenvalue weighted by Gasteiger charge is 2.45. The maximum absolute atomic E-state index is 12.7. The minimum absolute atomic E-state index is 0.154. The summed E-state index contributed by atoms with van der Waals surface area (Å²) >= 11 is 0. The molecule has 0 aromatic heterocycles. The number of Topliss-reactive ketones (excluding diaryl/α,β-unsaturated/α-hetero) is 1. The zero-order valence-corrected chi connectivity index (χ0v) is 12.1. The van der Waals surface area contributed by atoms with E-state index < -0.39 is 17.5 Å². The quantitative estimate of drug-likeness (QED) is 0.522. The van der Waals surface area contributed by atoms with Gasteiger partial charge in [0, 0.05) is 33.2 Å². The van der Waals surface area contributed by atoms with Crippen LogP contribution in [-0.4, -0.2) is 44.3 Å². The standard InChI is InChI=1S/C14H24O5/c1-4-6-11(13(16)19-5-2)12(15)14(17-3)7-9-18-10-8-14/h11H,4-10H2,1-3H3. The van der Waals surface area contributed by atoms with Crippen LogP contribution in [0.1, 0.15) is 39.5 Å². The van der Waals surface area contributed by atoms with Crippen LogP contribution in [0.25, 0.3) is 0 Å². The summed E-state index contributed by atoms with van der Waals surface area (Å²) in [6.07, 6.45) is 2.26. The van der Waals surface area contributed by atoms with Gasteiger partial charge in [0.05, 0.1) is 6.61 Å². The van der Waals surface area contributed by atoms with E-state index in [1.165, 1.54) is 7.11 Å². The third kappa shape index (κ3) is 3.76. The Labute approximate surface area is 114 Å². The summed E-state index contributed by atoms with van der Waals surface area (Å²) < 4.78 is 15.7. The average molecular weight is 272 g/mol. The van der Waals surface area contributed by atoms with Crippen molar-refractivity contribution < 1.29 is 23.8 Å². The number of ketones is 1. The Morgan fingerprint density at radius 1 is 1.26 bits per heavy atom. The summed E-state index contributed by atoms with van der Waals surface area (Å²) in [5.74, 6) is -1.31. The average Bonchev–Trinajstić information content (AvgIpc) is 2.45. The largest absolute Gasteiger partial charge is 0.465 e. The Morgan fingerprint density at radius 3 is 2.37 bits per heavy atom. The molecule has 1 unspecified atom stereocenters. The molecule has 0 aliphatic carbocycles. The molecule has 1 rings (SSSR count). The van der Waals surface area contributed by atoms with Crippen molar-refractivity contribution in [1.29, 1.82) is 0 Å². The minimum Gasteiger partial charge on any atom is -0.465 e. The molecule has 0 radical (unpaired) electrons. The number of hydrogen-bond donors (Lipinski definition) is 0. The Balaban J connectivity index is 2.86. The first-order valence-corrected chi connectivity index (χ1v) is 6.95. The van der Waals surface area contributed by atoms with E-state index in [2.05, 4.69) is 0 Å². The molecule has 1 fully saturated rings. The Morgan fingerprint density at radius 2 is 1.89 bits per heavy atom. The van der Waals surface area contributed by atoms with Gasteiger partial charge < -0.3 is 14.2 Å². The summed E-state index contributed by atoms with van der Waals surface area (Å²) in [6.45, 7) is 4.95. The van der Waals surface area contributed by atoms with Gasteiger partial charge in [0.2, 0.25) is 0 Å². The number of esters is 1. The molecule has 0 bridgehead atoms. The lowest BCUT2D eigenvalue weighted by Crippen LogP contribution is -2.50. The zero-order chi connectivity index (χ0) is 14.3. The molecule has 0 amide bonds. The van der Waals surface area contributed by atoms with E-state index in [1.54, 1.807) is 6.92 Å². The van der Waals surface area contributed by atoms with Gasteiger partial charge >= 0.3 is 5.97 Å². The lowest BCUT2D eigenvalue weighted by atomic mass is 9.81. The molecule has 1 heterocycles. The molecule has 5 heteroatoms. The number of rotatable bonds is 7. The van der Waals surface area contributed by atoms with Gasteiger partial charge in [-0.25, -0.2) is 0 Å². The Hall–Kier alpha value is -0.940. The van der Waals surface area contributed by atoms with Crippen molar-refractivity contribution in [3.63, 3.8) is 0 Å². The van der Waals surface area contributed by atoms with E-state index in [1.807, 2.05) is 6.92 Å². The van der Waals surface area contributed by atoms with Gasteiger partial charge in [-0.2, -0.15) is 0 Å². The number of hydrogen-bond acceptors (Lipinski definition) is 5. The summed E-state index contributed by atoms with van der Waals surface area (Å²) in [6, 6.07) is 0. The highest BCUT2D eigenvalue weighted by molar-refractivity contribution is 6.03. The van der Waals surface area contributed by atoms with Crippen LogP contribution in [0.3, 0.4) is 0 Å². The molecule has 0 spiro atoms. The highest BCUT2D eigenvalue weighted by atomic mass is 16.5. The Bertz CT molecular complexity index is 307. The van der Waals surface area contributed by atoms with Gasteiger partial charge in [-0.15, -0.1) is 0 Å². The molecule has 0 saturated carbocycles. The van der Waals surface area contributed by atoms with Gasteiger partial charge in [-0.1, -0.05) is 13.3 Å². The van der Waals surface area contributed by atoms with Gasteiger partial charge in [0.15, 0.2) is 5.78 Å². The number of ether oxygens (including phenoxy) is 3. The maximum Gasteiger partial charge on any atom is 0.316 e. The molecule has 1 aliphatic heterocycles. The summed E-state index contributed by atoms with van der Waals surface area (Å²) in [5, 5.41) is 0. The monoisotopic (exact) mass is 272 g/mol. The molecule has 1 aliphatic rings. The minimum atomic E-state index is -0.884. The van der Waals surface area contributed by atoms with Crippen molar-refractivity contribution >= 4 is 11.8 Å². The van der Waals surface area contributed by atoms with Crippen LogP contribution in [-0.2, 0) is 23.8 Å². The predicted octanol–water partition coefficient (Wildman–Crippen LogP) is 1.73. The van der Waals surface area contributed by atoms with Crippen molar-refractivity contribution in [3.05, 3.63) is 0 Å². The van der Waals surface area contributed by atoms with Gasteiger partial charge in [-0.3, -0.25) is 9.59 Å². The number of carbonyl (C=O) groups is 2. The molecule has 1 saturated heterocycles. The molecular weight excluding hydrogens is 248 g/mol. The fraction of sp³-hybridized carbons (Fsp3) is 0.857. The van der Waals surface area contributed by atoms with Crippen LogP contribution in [0, 0.1) is 5.92 Å². The smallest absolute Gasteiger partial charge is 0.316 e. The van der Waals surface area contributed by atoms with E-state index in [4.69, 9.17) is 14.2 Å². The summed E-state index contributed by atoms with van der Waals surface area (Å²) in [5.41, 5.74) is -0.884. The summed E-state index contributed by atoms with van der Waals surface area (Å²) in [4.78, 5) is 24.6. The van der Waals surface area contributed by atoms with Gasteiger partial charge in [-0.05, 0) is 13.3 Å². The third-order valence-corrected chi connectivity index (χ3v) is 3.61. The van der Waals surface area contributed by atoms with Gasteiger partial charge in [0.25, 0.3) is 0 Å². The summed E-state index contributed by atoms with van der Waals surface area (Å²) in [7, 11) is 1.53. The van der Waals surface area contributed by atoms with Crippen LogP contribution in [0.4, 0.5) is 0 Å². The van der Waals surface area contributed by atoms with Crippen LogP contribution in [0.5, 0.6) is 0 Å². The van der Waals surface area contributed by atoms with E-state index in [-0.39, 0.29) is 12.4 Å². The van der Waals surface area contributed by atoms with Gasteiger partial charge in [0.1, 0.15) is 11.5 Å². The molecule has 0 aromatic rings. The lowest BCUT2D eigenvalue weighted by molar-refractivity contribution is -0.166. The molecule has 19 heavy (non-hydrogen) atoms. The van der Waals surface area contributed by atoms with E-state index in [0.717, 1.165) is 6.42 Å². The van der Waals surface area contributed by atoms with E-state index >= 15 is 0 Å². The molecule has 1 atom stereocenters. The molecule has 0 aromatic carbocycles. The van der Waals surface area contributed by atoms with E-state index in [9.17, 15) is 9.59 Å². The highest BCUT2D eigenvalue weighted by Crippen LogP contribution is 2.30. The third-order valence-electron chi connectivity index (χ3n) is 3.61. The van der Waals surface area contributed by atoms with Crippen LogP contribution in [0.15, 0.2) is 0 Å². The van der Waals surface area contributed by atoms with E-state index in [0.29, 0.717) is 32.5 Å². The SMILES string of the molecule is CCCC(C(=O)OCC)C(=O)C1(OC)CCOCC1. The fourth-order valence-electron chi connectivity index (χ4n) is 2.46. The maximum atomic E-state index is 12.7. The van der Waals surface area contributed by atoms with Crippen molar-refractivity contribution in [2.75, 3.05) is 26.9 Å². The molecule has 0 N–H and O–H groups in total. The lowest BCUT2D eigenvalue weighted by Gasteiger charge is -2.36.